The number of anilines is 1. The molecule has 0 unspecified atom stereocenters. The molecule has 1 amide bonds. The zero-order valence-electron chi connectivity index (χ0n) is 16.4. The normalized spacial score (nSPS) is 17.9. The number of para-hydroxylation sites is 1. The molecular formula is C25H18BrNO3S. The minimum absolute atomic E-state index is 0.256. The van der Waals surface area contributed by atoms with Gasteiger partial charge in [-0.05, 0) is 50.5 Å². The number of nitrogens with zero attached hydrogens (tertiary/aromatic N) is 1. The standard InChI is InChI=1S/C25H18BrNO3S/c26-23-13-12-22(31-23)21(28)14-25(30)19-10-3-4-11-20(19)27(24(25)29)15-17-8-5-7-16-6-1-2-9-18(16)17/h1-13,30H,14-15H2/t25-/m0/s1. The van der Waals surface area contributed by atoms with E-state index in [1.807, 2.05) is 54.6 Å². The molecule has 154 valence electrons. The first kappa shape index (κ1) is 20.1. The van der Waals surface area contributed by atoms with Crippen LogP contribution < -0.4 is 4.90 Å². The lowest BCUT2D eigenvalue weighted by molar-refractivity contribution is -0.136. The largest absolute Gasteiger partial charge is 0.375 e. The molecule has 1 N–H and O–H groups in total. The monoisotopic (exact) mass is 491 g/mol. The second-order valence-electron chi connectivity index (χ2n) is 7.61. The molecule has 0 radical (unpaired) electrons. The van der Waals surface area contributed by atoms with E-state index in [-0.39, 0.29) is 12.2 Å². The van der Waals surface area contributed by atoms with Crippen molar-refractivity contribution in [2.75, 3.05) is 4.90 Å². The van der Waals surface area contributed by atoms with Crippen LogP contribution in [0.3, 0.4) is 0 Å². The second kappa shape index (κ2) is 7.71. The molecule has 0 saturated heterocycles. The van der Waals surface area contributed by atoms with Gasteiger partial charge in [0, 0.05) is 5.56 Å². The lowest BCUT2D eigenvalue weighted by atomic mass is 9.89. The van der Waals surface area contributed by atoms with Crippen LogP contribution in [0.15, 0.2) is 82.6 Å². The SMILES string of the molecule is O=C(C[C@@]1(O)C(=O)N(Cc2cccc3ccccc23)c2ccccc21)c1ccc(Br)s1. The van der Waals surface area contributed by atoms with Gasteiger partial charge in [-0.3, -0.25) is 9.59 Å². The highest BCUT2D eigenvalue weighted by Crippen LogP contribution is 2.44. The van der Waals surface area contributed by atoms with Gasteiger partial charge < -0.3 is 10.0 Å². The Morgan fingerprint density at radius 1 is 0.968 bits per heavy atom. The van der Waals surface area contributed by atoms with Crippen molar-refractivity contribution < 1.29 is 14.7 Å². The number of carbonyl (C=O) groups excluding carboxylic acids is 2. The summed E-state index contributed by atoms with van der Waals surface area (Å²) in [5, 5.41) is 13.6. The summed E-state index contributed by atoms with van der Waals surface area (Å²) in [6.07, 6.45) is -0.290. The van der Waals surface area contributed by atoms with Crippen LogP contribution in [0.25, 0.3) is 10.8 Å². The van der Waals surface area contributed by atoms with Gasteiger partial charge in [0.1, 0.15) is 0 Å². The summed E-state index contributed by atoms with van der Waals surface area (Å²) in [6.45, 7) is 0.318. The van der Waals surface area contributed by atoms with Crippen LogP contribution in [-0.4, -0.2) is 16.8 Å². The molecule has 4 nitrogen and oxygen atoms in total. The number of amides is 1. The summed E-state index contributed by atoms with van der Waals surface area (Å²) >= 11 is 4.66. The topological polar surface area (TPSA) is 57.6 Å². The van der Waals surface area contributed by atoms with E-state index in [9.17, 15) is 14.7 Å². The summed E-state index contributed by atoms with van der Waals surface area (Å²) in [5.74, 6) is -0.723. The first-order chi connectivity index (χ1) is 15.0. The maximum absolute atomic E-state index is 13.5. The Balaban J connectivity index is 1.53. The van der Waals surface area contributed by atoms with Gasteiger partial charge in [0.15, 0.2) is 11.4 Å². The molecule has 1 aliphatic rings. The minimum atomic E-state index is -1.88. The number of carbonyl (C=O) groups is 2. The molecule has 31 heavy (non-hydrogen) atoms. The molecule has 1 aromatic heterocycles. The lowest BCUT2D eigenvalue weighted by Gasteiger charge is -2.23. The fourth-order valence-corrected chi connectivity index (χ4v) is 5.54. The molecule has 0 spiro atoms. The van der Waals surface area contributed by atoms with Crippen molar-refractivity contribution >= 4 is 55.4 Å². The molecule has 6 heteroatoms. The Hall–Kier alpha value is -2.80. The quantitative estimate of drug-likeness (QED) is 0.365. The first-order valence-corrected chi connectivity index (χ1v) is 11.5. The van der Waals surface area contributed by atoms with Crippen LogP contribution in [0.4, 0.5) is 5.69 Å². The van der Waals surface area contributed by atoms with Gasteiger partial charge in [-0.25, -0.2) is 0 Å². The fourth-order valence-electron chi connectivity index (χ4n) is 4.22. The summed E-state index contributed by atoms with van der Waals surface area (Å²) < 4.78 is 0.832. The van der Waals surface area contributed by atoms with E-state index < -0.39 is 11.5 Å². The number of hydrogen-bond donors (Lipinski definition) is 1. The highest BCUT2D eigenvalue weighted by atomic mass is 79.9. The summed E-state index contributed by atoms with van der Waals surface area (Å²) in [4.78, 5) is 28.5. The van der Waals surface area contributed by atoms with Crippen LogP contribution >= 0.6 is 27.3 Å². The highest BCUT2D eigenvalue weighted by molar-refractivity contribution is 9.11. The van der Waals surface area contributed by atoms with Crippen molar-refractivity contribution in [1.29, 1.82) is 0 Å². The average Bonchev–Trinajstić information content (AvgIpc) is 3.30. The summed E-state index contributed by atoms with van der Waals surface area (Å²) in [5.41, 5.74) is 0.223. The fraction of sp³-hybridized carbons (Fsp3) is 0.120. The number of rotatable bonds is 5. The molecule has 2 heterocycles. The van der Waals surface area contributed by atoms with E-state index in [0.717, 1.165) is 20.1 Å². The van der Waals surface area contributed by atoms with E-state index in [0.29, 0.717) is 22.7 Å². The van der Waals surface area contributed by atoms with Crippen molar-refractivity contribution in [3.05, 3.63) is 98.7 Å². The van der Waals surface area contributed by atoms with E-state index in [1.54, 1.807) is 29.2 Å². The van der Waals surface area contributed by atoms with Gasteiger partial charge in [-0.2, -0.15) is 0 Å². The van der Waals surface area contributed by atoms with E-state index >= 15 is 0 Å². The zero-order chi connectivity index (χ0) is 21.6. The molecule has 1 aliphatic heterocycles. The van der Waals surface area contributed by atoms with E-state index in [4.69, 9.17) is 0 Å². The molecule has 1 atom stereocenters. The number of benzene rings is 3. The third-order valence-corrected chi connectivity index (χ3v) is 7.38. The van der Waals surface area contributed by atoms with Gasteiger partial charge in [-0.15, -0.1) is 11.3 Å². The summed E-state index contributed by atoms with van der Waals surface area (Å²) in [7, 11) is 0. The average molecular weight is 492 g/mol. The minimum Gasteiger partial charge on any atom is -0.375 e. The third kappa shape index (κ3) is 3.41. The molecule has 0 bridgehead atoms. The predicted molar refractivity (Wildman–Crippen MR) is 126 cm³/mol. The van der Waals surface area contributed by atoms with Crippen LogP contribution in [0.1, 0.15) is 27.2 Å². The van der Waals surface area contributed by atoms with Crippen molar-refractivity contribution in [2.45, 2.75) is 18.6 Å². The van der Waals surface area contributed by atoms with Crippen LogP contribution in [0.2, 0.25) is 0 Å². The first-order valence-electron chi connectivity index (χ1n) is 9.86. The molecule has 0 saturated carbocycles. The van der Waals surface area contributed by atoms with Crippen LogP contribution in [0.5, 0.6) is 0 Å². The molecular weight excluding hydrogens is 474 g/mol. The number of aliphatic hydroxyl groups is 1. The molecule has 4 aromatic rings. The predicted octanol–water partition coefficient (Wildman–Crippen LogP) is 5.67. The van der Waals surface area contributed by atoms with Gasteiger partial charge >= 0.3 is 0 Å². The van der Waals surface area contributed by atoms with Crippen molar-refractivity contribution in [2.24, 2.45) is 0 Å². The molecule has 5 rings (SSSR count). The Labute approximate surface area is 191 Å². The second-order valence-corrected chi connectivity index (χ2v) is 10.1. The van der Waals surface area contributed by atoms with Crippen molar-refractivity contribution in [3.8, 4) is 0 Å². The lowest BCUT2D eigenvalue weighted by Crippen LogP contribution is -2.41. The molecule has 0 aliphatic carbocycles. The van der Waals surface area contributed by atoms with E-state index in [1.165, 1.54) is 11.3 Å². The van der Waals surface area contributed by atoms with Gasteiger partial charge in [-0.1, -0.05) is 60.7 Å². The van der Waals surface area contributed by atoms with E-state index in [2.05, 4.69) is 15.9 Å². The van der Waals surface area contributed by atoms with Gasteiger partial charge in [0.2, 0.25) is 0 Å². The van der Waals surface area contributed by atoms with Crippen molar-refractivity contribution in [3.63, 3.8) is 0 Å². The highest BCUT2D eigenvalue weighted by Gasteiger charge is 2.50. The Kier molecular flexibility index (Phi) is 5.01. The number of fused-ring (bicyclic) bond motifs is 2. The van der Waals surface area contributed by atoms with Gasteiger partial charge in [0.25, 0.3) is 5.91 Å². The number of ketones is 1. The number of hydrogen-bond acceptors (Lipinski definition) is 4. The Bertz CT molecular complexity index is 1330. The Morgan fingerprint density at radius 2 is 1.71 bits per heavy atom. The molecule has 3 aromatic carbocycles. The maximum Gasteiger partial charge on any atom is 0.264 e. The van der Waals surface area contributed by atoms with Gasteiger partial charge in [0.05, 0.1) is 27.3 Å². The Morgan fingerprint density at radius 3 is 2.52 bits per heavy atom. The molecule has 0 fully saturated rings. The smallest absolute Gasteiger partial charge is 0.264 e. The summed E-state index contributed by atoms with van der Waals surface area (Å²) in [6, 6.07) is 24.7. The third-order valence-electron chi connectivity index (χ3n) is 5.71. The number of thiophene rings is 1. The number of Topliss-reactive ketones (excluding diaryl/α,β-unsaturated/α-hetero) is 1. The zero-order valence-corrected chi connectivity index (χ0v) is 18.8. The van der Waals surface area contributed by atoms with Crippen molar-refractivity contribution in [1.82, 2.24) is 0 Å². The maximum atomic E-state index is 13.5. The van der Waals surface area contributed by atoms with Crippen LogP contribution in [-0.2, 0) is 16.9 Å². The number of halogens is 1. The van der Waals surface area contributed by atoms with Crippen LogP contribution in [0, 0.1) is 0 Å².